The first-order chi connectivity index (χ1) is 13.0. The largest absolute Gasteiger partial charge is 0.383 e. The predicted molar refractivity (Wildman–Crippen MR) is 99.1 cm³/mol. The highest BCUT2D eigenvalue weighted by molar-refractivity contribution is 5.78. The number of nitrogens with zero attached hydrogens (tertiary/aromatic N) is 5. The van der Waals surface area contributed by atoms with Gasteiger partial charge in [0.2, 0.25) is 5.91 Å². The molecule has 1 amide bonds. The van der Waals surface area contributed by atoms with Crippen LogP contribution in [0, 0.1) is 0 Å². The van der Waals surface area contributed by atoms with E-state index in [1.165, 1.54) is 0 Å². The summed E-state index contributed by atoms with van der Waals surface area (Å²) in [7, 11) is 1.63. The summed E-state index contributed by atoms with van der Waals surface area (Å²) in [4.78, 5) is 14.8. The lowest BCUT2D eigenvalue weighted by atomic mass is 9.81. The molecule has 8 heteroatoms. The van der Waals surface area contributed by atoms with E-state index in [0.717, 1.165) is 5.56 Å². The van der Waals surface area contributed by atoms with Crippen molar-refractivity contribution in [3.63, 3.8) is 0 Å². The van der Waals surface area contributed by atoms with Gasteiger partial charge in [0.05, 0.1) is 26.3 Å². The molecular formula is C19H27N5O3. The van der Waals surface area contributed by atoms with Crippen molar-refractivity contribution in [2.75, 3.05) is 33.4 Å². The van der Waals surface area contributed by atoms with Gasteiger partial charge < -0.3 is 14.4 Å². The third-order valence-electron chi connectivity index (χ3n) is 4.92. The molecule has 0 saturated carbocycles. The number of carbonyl (C=O) groups is 1. The topological polar surface area (TPSA) is 82.4 Å². The lowest BCUT2D eigenvalue weighted by Gasteiger charge is -2.35. The number of carbonyl (C=O) groups excluding carboxylic acids is 1. The monoisotopic (exact) mass is 373 g/mol. The first kappa shape index (κ1) is 19.4. The summed E-state index contributed by atoms with van der Waals surface area (Å²) in [6.45, 7) is 6.77. The van der Waals surface area contributed by atoms with Gasteiger partial charge in [0.15, 0.2) is 5.82 Å². The SMILES string of the molecule is COCCn1nnnc1C1CN(C(=O)CC(C)(C)c2ccccc2)CCO1. The van der Waals surface area contributed by atoms with Crippen molar-refractivity contribution >= 4 is 5.91 Å². The second kappa shape index (κ2) is 8.58. The van der Waals surface area contributed by atoms with Crippen LogP contribution in [0.3, 0.4) is 0 Å². The summed E-state index contributed by atoms with van der Waals surface area (Å²) in [5, 5.41) is 11.8. The van der Waals surface area contributed by atoms with E-state index < -0.39 is 0 Å². The van der Waals surface area contributed by atoms with E-state index in [1.54, 1.807) is 11.8 Å². The first-order valence-electron chi connectivity index (χ1n) is 9.21. The van der Waals surface area contributed by atoms with Crippen LogP contribution >= 0.6 is 0 Å². The number of hydrogen-bond acceptors (Lipinski definition) is 6. The Morgan fingerprint density at radius 3 is 2.85 bits per heavy atom. The van der Waals surface area contributed by atoms with E-state index in [2.05, 4.69) is 41.5 Å². The van der Waals surface area contributed by atoms with Gasteiger partial charge in [-0.05, 0) is 21.4 Å². The van der Waals surface area contributed by atoms with E-state index >= 15 is 0 Å². The molecule has 1 aliphatic rings. The Morgan fingerprint density at radius 2 is 2.11 bits per heavy atom. The molecule has 3 rings (SSSR count). The molecule has 1 saturated heterocycles. The maximum absolute atomic E-state index is 13.0. The Morgan fingerprint density at radius 1 is 1.33 bits per heavy atom. The van der Waals surface area contributed by atoms with Crippen molar-refractivity contribution in [1.29, 1.82) is 0 Å². The lowest BCUT2D eigenvalue weighted by Crippen LogP contribution is -2.44. The fourth-order valence-corrected chi connectivity index (χ4v) is 3.29. The van der Waals surface area contributed by atoms with Gasteiger partial charge in [-0.25, -0.2) is 4.68 Å². The van der Waals surface area contributed by atoms with Crippen molar-refractivity contribution < 1.29 is 14.3 Å². The Balaban J connectivity index is 1.66. The van der Waals surface area contributed by atoms with Gasteiger partial charge in [-0.1, -0.05) is 44.2 Å². The zero-order valence-corrected chi connectivity index (χ0v) is 16.2. The number of methoxy groups -OCH3 is 1. The smallest absolute Gasteiger partial charge is 0.223 e. The Kier molecular flexibility index (Phi) is 6.18. The number of aromatic nitrogens is 4. The average Bonchev–Trinajstić information content (AvgIpc) is 3.15. The van der Waals surface area contributed by atoms with Gasteiger partial charge in [0, 0.05) is 20.1 Å². The highest BCUT2D eigenvalue weighted by Crippen LogP contribution is 2.29. The molecule has 1 aromatic carbocycles. The Hall–Kier alpha value is -2.32. The van der Waals surface area contributed by atoms with Gasteiger partial charge in [-0.2, -0.15) is 0 Å². The van der Waals surface area contributed by atoms with E-state index in [9.17, 15) is 4.79 Å². The zero-order valence-electron chi connectivity index (χ0n) is 16.2. The van der Waals surface area contributed by atoms with Gasteiger partial charge >= 0.3 is 0 Å². The Bertz CT molecular complexity index is 747. The third kappa shape index (κ3) is 4.70. The molecule has 27 heavy (non-hydrogen) atoms. The van der Waals surface area contributed by atoms with E-state index in [0.29, 0.717) is 45.1 Å². The standard InChI is InChI=1S/C19H27N5O3/c1-19(2,15-7-5-4-6-8-15)13-17(25)23-9-12-27-16(14-23)18-20-21-22-24(18)10-11-26-3/h4-8,16H,9-14H2,1-3H3. The fourth-order valence-electron chi connectivity index (χ4n) is 3.29. The van der Waals surface area contributed by atoms with Gasteiger partial charge in [-0.15, -0.1) is 5.10 Å². The summed E-state index contributed by atoms with van der Waals surface area (Å²) in [5.41, 5.74) is 0.929. The number of benzene rings is 1. The minimum atomic E-state index is -0.325. The summed E-state index contributed by atoms with van der Waals surface area (Å²) >= 11 is 0. The number of rotatable bonds is 7. The van der Waals surface area contributed by atoms with Crippen LogP contribution in [0.5, 0.6) is 0 Å². The average molecular weight is 373 g/mol. The van der Waals surface area contributed by atoms with Crippen LogP contribution in [0.15, 0.2) is 30.3 Å². The van der Waals surface area contributed by atoms with Crippen molar-refractivity contribution in [3.05, 3.63) is 41.7 Å². The molecule has 2 heterocycles. The molecule has 0 aliphatic carbocycles. The van der Waals surface area contributed by atoms with Crippen LogP contribution in [0.4, 0.5) is 0 Å². The predicted octanol–water partition coefficient (Wildman–Crippen LogP) is 1.59. The third-order valence-corrected chi connectivity index (χ3v) is 4.92. The summed E-state index contributed by atoms with van der Waals surface area (Å²) in [6.07, 6.45) is 0.118. The van der Waals surface area contributed by atoms with Crippen molar-refractivity contribution in [1.82, 2.24) is 25.1 Å². The molecule has 2 aromatic rings. The first-order valence-corrected chi connectivity index (χ1v) is 9.21. The number of morpholine rings is 1. The summed E-state index contributed by atoms with van der Waals surface area (Å²) < 4.78 is 12.6. The highest BCUT2D eigenvalue weighted by atomic mass is 16.5. The molecule has 8 nitrogen and oxygen atoms in total. The molecule has 0 radical (unpaired) electrons. The molecular weight excluding hydrogens is 346 g/mol. The van der Waals surface area contributed by atoms with Crippen LogP contribution in [-0.4, -0.2) is 64.4 Å². The molecule has 1 fully saturated rings. The van der Waals surface area contributed by atoms with E-state index in [1.807, 2.05) is 23.1 Å². The molecule has 1 aromatic heterocycles. The van der Waals surface area contributed by atoms with Crippen molar-refractivity contribution in [3.8, 4) is 0 Å². The molecule has 146 valence electrons. The highest BCUT2D eigenvalue weighted by Gasteiger charge is 2.32. The number of tetrazole rings is 1. The number of ether oxygens (including phenoxy) is 2. The van der Waals surface area contributed by atoms with E-state index in [4.69, 9.17) is 9.47 Å². The molecule has 1 aliphatic heterocycles. The summed E-state index contributed by atoms with van der Waals surface area (Å²) in [6, 6.07) is 10.1. The molecule has 1 atom stereocenters. The fraction of sp³-hybridized carbons (Fsp3) is 0.579. The van der Waals surface area contributed by atoms with Gasteiger partial charge in [0.1, 0.15) is 6.10 Å². The molecule has 0 N–H and O–H groups in total. The van der Waals surface area contributed by atoms with Crippen LogP contribution < -0.4 is 0 Å². The lowest BCUT2D eigenvalue weighted by molar-refractivity contribution is -0.140. The molecule has 0 spiro atoms. The maximum Gasteiger partial charge on any atom is 0.223 e. The minimum Gasteiger partial charge on any atom is -0.383 e. The van der Waals surface area contributed by atoms with Gasteiger partial charge in [-0.3, -0.25) is 4.79 Å². The van der Waals surface area contributed by atoms with Crippen molar-refractivity contribution in [2.45, 2.75) is 38.3 Å². The van der Waals surface area contributed by atoms with Crippen LogP contribution in [0.2, 0.25) is 0 Å². The molecule has 1 unspecified atom stereocenters. The minimum absolute atomic E-state index is 0.119. The van der Waals surface area contributed by atoms with E-state index in [-0.39, 0.29) is 17.4 Å². The number of hydrogen-bond donors (Lipinski definition) is 0. The molecule has 0 bridgehead atoms. The van der Waals surface area contributed by atoms with Gasteiger partial charge in [0.25, 0.3) is 0 Å². The normalized spacial score (nSPS) is 17.9. The second-order valence-electron chi connectivity index (χ2n) is 7.38. The quantitative estimate of drug-likeness (QED) is 0.733. The van der Waals surface area contributed by atoms with Crippen molar-refractivity contribution in [2.24, 2.45) is 0 Å². The van der Waals surface area contributed by atoms with Crippen LogP contribution in [0.25, 0.3) is 0 Å². The summed E-state index contributed by atoms with van der Waals surface area (Å²) in [5.74, 6) is 0.750. The van der Waals surface area contributed by atoms with Crippen LogP contribution in [-0.2, 0) is 26.2 Å². The maximum atomic E-state index is 13.0. The Labute approximate surface area is 159 Å². The van der Waals surface area contributed by atoms with Crippen LogP contribution in [0.1, 0.15) is 37.8 Å². The zero-order chi connectivity index (χ0) is 19.3. The second-order valence-corrected chi connectivity index (χ2v) is 7.38. The number of amides is 1.